The van der Waals surface area contributed by atoms with Gasteiger partial charge >= 0.3 is 0 Å². The Balaban J connectivity index is 1.69. The van der Waals surface area contributed by atoms with Gasteiger partial charge in [-0.15, -0.1) is 21.5 Å². The molecule has 0 spiro atoms. The molecule has 6 nitrogen and oxygen atoms in total. The second-order valence-corrected chi connectivity index (χ2v) is 7.98. The van der Waals surface area contributed by atoms with Gasteiger partial charge < -0.3 is 14.6 Å². The van der Waals surface area contributed by atoms with E-state index in [9.17, 15) is 4.79 Å². The van der Waals surface area contributed by atoms with E-state index in [1.54, 1.807) is 24.5 Å². The van der Waals surface area contributed by atoms with Gasteiger partial charge in [0.25, 0.3) is 0 Å². The summed E-state index contributed by atoms with van der Waals surface area (Å²) in [5, 5.41) is 14.4. The van der Waals surface area contributed by atoms with Crippen molar-refractivity contribution >= 4 is 34.7 Å². The third-order valence-corrected chi connectivity index (χ3v) is 6.23. The smallest absolute Gasteiger partial charge is 0.234 e. The van der Waals surface area contributed by atoms with Crippen molar-refractivity contribution in [2.75, 3.05) is 18.2 Å². The highest BCUT2D eigenvalue weighted by Crippen LogP contribution is 2.31. The van der Waals surface area contributed by atoms with E-state index in [-0.39, 0.29) is 11.7 Å². The lowest BCUT2D eigenvalue weighted by atomic mass is 10.1. The fraction of sp³-hybridized carbons (Fsp3) is 0.316. The fourth-order valence-corrected chi connectivity index (χ4v) is 4.31. The molecule has 2 aromatic heterocycles. The number of amides is 1. The van der Waals surface area contributed by atoms with Crippen molar-refractivity contribution in [2.45, 2.75) is 32.5 Å². The van der Waals surface area contributed by atoms with Crippen LogP contribution >= 0.6 is 23.1 Å². The molecule has 0 fully saturated rings. The molecule has 0 unspecified atom stereocenters. The number of carbonyl (C=O) groups is 1. The summed E-state index contributed by atoms with van der Waals surface area (Å²) in [5.74, 6) is 1.73. The van der Waals surface area contributed by atoms with Crippen LogP contribution in [0.5, 0.6) is 5.75 Å². The summed E-state index contributed by atoms with van der Waals surface area (Å²) in [6.07, 6.45) is 0. The summed E-state index contributed by atoms with van der Waals surface area (Å²) >= 11 is 3.10. The van der Waals surface area contributed by atoms with Crippen LogP contribution in [-0.4, -0.2) is 33.5 Å². The van der Waals surface area contributed by atoms with Crippen LogP contribution in [0.3, 0.4) is 0 Å². The second-order valence-electron chi connectivity index (χ2n) is 5.95. The first kappa shape index (κ1) is 19.4. The maximum absolute atomic E-state index is 12.3. The van der Waals surface area contributed by atoms with Gasteiger partial charge in [-0.25, -0.2) is 0 Å². The molecule has 27 heavy (non-hydrogen) atoms. The normalized spacial score (nSPS) is 10.8. The summed E-state index contributed by atoms with van der Waals surface area (Å²) < 4.78 is 7.23. The number of carbonyl (C=O) groups excluding carboxylic acids is 1. The highest BCUT2D eigenvalue weighted by molar-refractivity contribution is 7.99. The van der Waals surface area contributed by atoms with E-state index >= 15 is 0 Å². The van der Waals surface area contributed by atoms with Crippen LogP contribution in [0.2, 0.25) is 0 Å². The first-order valence-electron chi connectivity index (χ1n) is 8.58. The monoisotopic (exact) mass is 402 g/mol. The third-order valence-electron chi connectivity index (χ3n) is 4.25. The number of benzene rings is 1. The van der Waals surface area contributed by atoms with Gasteiger partial charge in [-0.2, -0.15) is 0 Å². The van der Waals surface area contributed by atoms with Crippen LogP contribution in [0.15, 0.2) is 34.8 Å². The Bertz CT molecular complexity index is 949. The van der Waals surface area contributed by atoms with Gasteiger partial charge in [-0.3, -0.25) is 4.79 Å². The van der Waals surface area contributed by atoms with Gasteiger partial charge in [0.15, 0.2) is 11.0 Å². The standard InChI is InChI=1S/C19H22N4O2S2/c1-5-23-18(16-10-26-13(3)12(16)2)21-22-19(23)27-11-17(24)20-14-7-6-8-15(9-14)25-4/h6-10H,5,11H2,1-4H3,(H,20,24). The average Bonchev–Trinajstić information content (AvgIpc) is 3.23. The average molecular weight is 403 g/mol. The highest BCUT2D eigenvalue weighted by atomic mass is 32.2. The molecule has 3 rings (SSSR count). The van der Waals surface area contributed by atoms with Gasteiger partial charge in [0.1, 0.15) is 5.75 Å². The predicted molar refractivity (Wildman–Crippen MR) is 111 cm³/mol. The number of hydrogen-bond acceptors (Lipinski definition) is 6. The van der Waals surface area contributed by atoms with Gasteiger partial charge in [-0.05, 0) is 38.5 Å². The first-order chi connectivity index (χ1) is 13.0. The zero-order valence-electron chi connectivity index (χ0n) is 15.8. The Labute approximate surface area is 167 Å². The van der Waals surface area contributed by atoms with Crippen LogP contribution in [-0.2, 0) is 11.3 Å². The minimum Gasteiger partial charge on any atom is -0.497 e. The van der Waals surface area contributed by atoms with Crippen LogP contribution < -0.4 is 10.1 Å². The summed E-state index contributed by atoms with van der Waals surface area (Å²) in [5.41, 5.74) is 3.05. The van der Waals surface area contributed by atoms with E-state index in [4.69, 9.17) is 4.74 Å². The van der Waals surface area contributed by atoms with Gasteiger partial charge in [0, 0.05) is 34.1 Å². The summed E-state index contributed by atoms with van der Waals surface area (Å²) in [6, 6.07) is 7.30. The zero-order valence-corrected chi connectivity index (χ0v) is 17.4. The second kappa shape index (κ2) is 8.58. The number of ether oxygens (including phenoxy) is 1. The van der Waals surface area contributed by atoms with Crippen molar-refractivity contribution in [1.82, 2.24) is 14.8 Å². The maximum Gasteiger partial charge on any atom is 0.234 e. The van der Waals surface area contributed by atoms with E-state index in [2.05, 4.69) is 46.2 Å². The number of rotatable bonds is 7. The molecule has 8 heteroatoms. The molecule has 3 aromatic rings. The Morgan fingerprint density at radius 2 is 2.15 bits per heavy atom. The van der Waals surface area contributed by atoms with Crippen molar-refractivity contribution in [3.63, 3.8) is 0 Å². The van der Waals surface area contributed by atoms with Crippen LogP contribution in [0, 0.1) is 13.8 Å². The lowest BCUT2D eigenvalue weighted by molar-refractivity contribution is -0.113. The molecule has 2 heterocycles. The van der Waals surface area contributed by atoms with Gasteiger partial charge in [0.05, 0.1) is 12.9 Å². The van der Waals surface area contributed by atoms with Crippen molar-refractivity contribution in [3.8, 4) is 17.1 Å². The van der Waals surface area contributed by atoms with Gasteiger partial charge in [0.2, 0.25) is 5.91 Å². The number of nitrogens with one attached hydrogen (secondary N) is 1. The molecule has 0 aliphatic carbocycles. The molecule has 0 bridgehead atoms. The number of aryl methyl sites for hydroxylation is 1. The molecular formula is C19H22N4O2S2. The van der Waals surface area contributed by atoms with E-state index in [1.807, 2.05) is 18.2 Å². The van der Waals surface area contributed by atoms with E-state index in [1.165, 1.54) is 22.2 Å². The van der Waals surface area contributed by atoms with Crippen molar-refractivity contribution < 1.29 is 9.53 Å². The van der Waals surface area contributed by atoms with Crippen LogP contribution in [0.4, 0.5) is 5.69 Å². The molecule has 1 amide bonds. The Morgan fingerprint density at radius 1 is 1.33 bits per heavy atom. The number of aromatic nitrogens is 3. The highest BCUT2D eigenvalue weighted by Gasteiger charge is 2.17. The van der Waals surface area contributed by atoms with E-state index < -0.39 is 0 Å². The lowest BCUT2D eigenvalue weighted by Crippen LogP contribution is -2.14. The van der Waals surface area contributed by atoms with Crippen molar-refractivity contribution in [3.05, 3.63) is 40.1 Å². The molecule has 0 saturated carbocycles. The molecule has 0 aliphatic rings. The van der Waals surface area contributed by atoms with Crippen molar-refractivity contribution in [1.29, 1.82) is 0 Å². The quantitative estimate of drug-likeness (QED) is 0.594. The Morgan fingerprint density at radius 3 is 2.81 bits per heavy atom. The van der Waals surface area contributed by atoms with E-state index in [0.717, 1.165) is 23.1 Å². The number of thioether (sulfide) groups is 1. The molecule has 0 radical (unpaired) electrons. The Hall–Kier alpha value is -2.32. The number of hydrogen-bond donors (Lipinski definition) is 1. The topological polar surface area (TPSA) is 69.0 Å². The first-order valence-corrected chi connectivity index (χ1v) is 10.4. The molecule has 0 atom stereocenters. The Kier molecular flexibility index (Phi) is 6.18. The van der Waals surface area contributed by atoms with Crippen molar-refractivity contribution in [2.24, 2.45) is 0 Å². The van der Waals surface area contributed by atoms with Crippen LogP contribution in [0.25, 0.3) is 11.4 Å². The number of anilines is 1. The number of nitrogens with zero attached hydrogens (tertiary/aromatic N) is 3. The zero-order chi connectivity index (χ0) is 19.4. The fourth-order valence-electron chi connectivity index (χ4n) is 2.64. The summed E-state index contributed by atoms with van der Waals surface area (Å²) in [7, 11) is 1.60. The third kappa shape index (κ3) is 4.33. The number of methoxy groups -OCH3 is 1. The molecule has 0 saturated heterocycles. The largest absolute Gasteiger partial charge is 0.497 e. The summed E-state index contributed by atoms with van der Waals surface area (Å²) in [4.78, 5) is 13.6. The molecular weight excluding hydrogens is 380 g/mol. The molecule has 1 aromatic carbocycles. The minimum absolute atomic E-state index is 0.0944. The maximum atomic E-state index is 12.3. The molecule has 1 N–H and O–H groups in total. The predicted octanol–water partition coefficient (Wildman–Crippen LogP) is 4.38. The minimum atomic E-state index is -0.0944. The SMILES string of the molecule is CCn1c(SCC(=O)Nc2cccc(OC)c2)nnc1-c1csc(C)c1C. The molecule has 142 valence electrons. The summed E-state index contributed by atoms with van der Waals surface area (Å²) in [6.45, 7) is 7.01. The lowest BCUT2D eigenvalue weighted by Gasteiger charge is -2.08. The number of thiophene rings is 1. The van der Waals surface area contributed by atoms with Gasteiger partial charge in [-0.1, -0.05) is 17.8 Å². The van der Waals surface area contributed by atoms with Crippen LogP contribution in [0.1, 0.15) is 17.4 Å². The van der Waals surface area contributed by atoms with E-state index in [0.29, 0.717) is 11.4 Å². The molecule has 0 aliphatic heterocycles.